The summed E-state index contributed by atoms with van der Waals surface area (Å²) in [6.07, 6.45) is 1.70. The first-order valence-electron chi connectivity index (χ1n) is 11.2. The summed E-state index contributed by atoms with van der Waals surface area (Å²) in [6, 6.07) is 20.8. The minimum atomic E-state index is -0.239. The maximum absolute atomic E-state index is 12.6. The van der Waals surface area contributed by atoms with Gasteiger partial charge in [-0.25, -0.2) is 4.98 Å². The maximum atomic E-state index is 12.6. The lowest BCUT2D eigenvalue weighted by Crippen LogP contribution is -2.23. The zero-order valence-corrected chi connectivity index (χ0v) is 22.1. The number of ether oxygens (including phenoxy) is 1. The molecule has 0 radical (unpaired) electrons. The third kappa shape index (κ3) is 5.66. The fraction of sp³-hybridized carbons (Fsp3) is 0.115. The fourth-order valence-electron chi connectivity index (χ4n) is 3.58. The summed E-state index contributed by atoms with van der Waals surface area (Å²) in [5.41, 5.74) is 2.71. The van der Waals surface area contributed by atoms with Crippen molar-refractivity contribution in [2.45, 2.75) is 17.5 Å². The van der Waals surface area contributed by atoms with Gasteiger partial charge in [0.15, 0.2) is 11.0 Å². The molecule has 0 saturated heterocycles. The Kier molecular flexibility index (Phi) is 7.79. The summed E-state index contributed by atoms with van der Waals surface area (Å²) in [4.78, 5) is 21.3. The average Bonchev–Trinajstić information content (AvgIpc) is 3.59. The number of hydrogen-bond acceptors (Lipinski definition) is 8. The third-order valence-corrected chi connectivity index (χ3v) is 7.64. The van der Waals surface area contributed by atoms with Crippen molar-refractivity contribution in [2.75, 3.05) is 7.11 Å². The van der Waals surface area contributed by atoms with Gasteiger partial charge in [0.25, 0.3) is 5.91 Å². The van der Waals surface area contributed by atoms with Crippen molar-refractivity contribution in [1.29, 1.82) is 0 Å². The van der Waals surface area contributed by atoms with Crippen LogP contribution in [-0.4, -0.2) is 37.7 Å². The van der Waals surface area contributed by atoms with E-state index < -0.39 is 0 Å². The number of nitrogens with one attached hydrogen (secondary N) is 1. The number of pyridine rings is 1. The van der Waals surface area contributed by atoms with Gasteiger partial charge in [-0.3, -0.25) is 14.3 Å². The van der Waals surface area contributed by atoms with Crippen LogP contribution in [0.2, 0.25) is 5.02 Å². The summed E-state index contributed by atoms with van der Waals surface area (Å²) < 4.78 is 7.54. The molecule has 11 heteroatoms. The number of carbonyl (C=O) groups is 1. The van der Waals surface area contributed by atoms with Gasteiger partial charge in [-0.15, -0.1) is 21.5 Å². The number of aromatic nitrogens is 5. The first-order valence-corrected chi connectivity index (χ1v) is 13.5. The molecule has 8 nitrogen and oxygen atoms in total. The topological polar surface area (TPSA) is 94.8 Å². The van der Waals surface area contributed by atoms with Gasteiger partial charge >= 0.3 is 0 Å². The van der Waals surface area contributed by atoms with Gasteiger partial charge in [0, 0.05) is 17.1 Å². The number of hydrogen-bond donors (Lipinski definition) is 1. The SMILES string of the molecule is COc1ccccc1-n1c(SCc2nc(C(=O)NCc3ccccn3)cs2)nnc1-c1ccccc1Cl. The van der Waals surface area contributed by atoms with Gasteiger partial charge in [0.2, 0.25) is 0 Å². The fourth-order valence-corrected chi connectivity index (χ4v) is 5.54. The van der Waals surface area contributed by atoms with E-state index in [1.165, 1.54) is 23.1 Å². The summed E-state index contributed by atoms with van der Waals surface area (Å²) in [5, 5.41) is 15.5. The number of carbonyl (C=O) groups excluding carboxylic acids is 1. The van der Waals surface area contributed by atoms with E-state index in [1.54, 1.807) is 18.7 Å². The molecule has 0 aliphatic carbocycles. The Morgan fingerprint density at radius 3 is 2.70 bits per heavy atom. The van der Waals surface area contributed by atoms with Gasteiger partial charge in [0.05, 0.1) is 35.8 Å². The highest BCUT2D eigenvalue weighted by atomic mass is 35.5. The first kappa shape index (κ1) is 24.9. The summed E-state index contributed by atoms with van der Waals surface area (Å²) in [7, 11) is 1.63. The van der Waals surface area contributed by atoms with Crippen LogP contribution in [0.15, 0.2) is 83.5 Å². The number of para-hydroxylation sites is 2. The lowest BCUT2D eigenvalue weighted by Gasteiger charge is -2.14. The van der Waals surface area contributed by atoms with Crippen LogP contribution in [0.5, 0.6) is 5.75 Å². The molecule has 0 atom stereocenters. The number of thiazole rings is 1. The Balaban J connectivity index is 1.37. The molecule has 2 aromatic carbocycles. The summed E-state index contributed by atoms with van der Waals surface area (Å²) in [5.74, 6) is 1.55. The smallest absolute Gasteiger partial charge is 0.271 e. The number of thioether (sulfide) groups is 1. The van der Waals surface area contributed by atoms with Gasteiger partial charge in [-0.05, 0) is 36.4 Å². The van der Waals surface area contributed by atoms with Crippen LogP contribution < -0.4 is 10.1 Å². The third-order valence-electron chi connectivity index (χ3n) is 5.34. The van der Waals surface area contributed by atoms with Crippen molar-refractivity contribution < 1.29 is 9.53 Å². The van der Waals surface area contributed by atoms with Crippen LogP contribution in [0.3, 0.4) is 0 Å². The van der Waals surface area contributed by atoms with Gasteiger partial charge in [-0.2, -0.15) is 0 Å². The lowest BCUT2D eigenvalue weighted by molar-refractivity contribution is 0.0946. The van der Waals surface area contributed by atoms with E-state index in [0.717, 1.165) is 22.0 Å². The molecule has 3 aromatic heterocycles. The predicted molar refractivity (Wildman–Crippen MR) is 145 cm³/mol. The number of rotatable bonds is 9. The normalized spacial score (nSPS) is 10.9. The molecule has 5 aromatic rings. The highest BCUT2D eigenvalue weighted by Crippen LogP contribution is 2.36. The number of benzene rings is 2. The lowest BCUT2D eigenvalue weighted by atomic mass is 10.2. The minimum absolute atomic E-state index is 0.239. The zero-order valence-electron chi connectivity index (χ0n) is 19.7. The largest absolute Gasteiger partial charge is 0.495 e. The number of amides is 1. The highest BCUT2D eigenvalue weighted by molar-refractivity contribution is 7.98. The quantitative estimate of drug-likeness (QED) is 0.237. The van der Waals surface area contributed by atoms with E-state index in [-0.39, 0.29) is 5.91 Å². The Labute approximate surface area is 226 Å². The van der Waals surface area contributed by atoms with E-state index in [2.05, 4.69) is 25.5 Å². The molecule has 37 heavy (non-hydrogen) atoms. The van der Waals surface area contributed by atoms with E-state index in [0.29, 0.717) is 39.7 Å². The van der Waals surface area contributed by atoms with Crippen LogP contribution in [0.25, 0.3) is 17.1 Å². The van der Waals surface area contributed by atoms with Crippen molar-refractivity contribution in [1.82, 2.24) is 30.0 Å². The number of halogens is 1. The average molecular weight is 549 g/mol. The van der Waals surface area contributed by atoms with Crippen LogP contribution in [0, 0.1) is 0 Å². The minimum Gasteiger partial charge on any atom is -0.495 e. The van der Waals surface area contributed by atoms with Crippen LogP contribution in [0.4, 0.5) is 0 Å². The maximum Gasteiger partial charge on any atom is 0.271 e. The van der Waals surface area contributed by atoms with E-state index in [1.807, 2.05) is 71.3 Å². The molecule has 0 aliphatic rings. The molecule has 3 heterocycles. The standard InChI is InChI=1S/C26H21ClN6O2S2/c1-35-22-12-5-4-11-21(22)33-24(18-9-2-3-10-19(18)27)31-32-26(33)37-16-23-30-20(15-36-23)25(34)29-14-17-8-6-7-13-28-17/h2-13,15H,14,16H2,1H3,(H,29,34). The molecule has 186 valence electrons. The second-order valence-corrected chi connectivity index (χ2v) is 10.0. The first-order chi connectivity index (χ1) is 18.1. The molecule has 0 fully saturated rings. The molecular formula is C26H21ClN6O2S2. The van der Waals surface area contributed by atoms with E-state index in [9.17, 15) is 4.79 Å². The molecule has 0 unspecified atom stereocenters. The summed E-state index contributed by atoms with van der Waals surface area (Å²) >= 11 is 9.39. The van der Waals surface area contributed by atoms with Crippen LogP contribution >= 0.6 is 34.7 Å². The van der Waals surface area contributed by atoms with Gasteiger partial charge in [-0.1, -0.05) is 53.7 Å². The number of nitrogens with zero attached hydrogens (tertiary/aromatic N) is 5. The Morgan fingerprint density at radius 2 is 1.89 bits per heavy atom. The molecule has 1 N–H and O–H groups in total. The molecule has 0 bridgehead atoms. The molecule has 1 amide bonds. The van der Waals surface area contributed by atoms with Crippen LogP contribution in [0.1, 0.15) is 21.2 Å². The molecule has 0 aliphatic heterocycles. The van der Waals surface area contributed by atoms with Crippen molar-refractivity contribution in [3.8, 4) is 22.8 Å². The summed E-state index contributed by atoms with van der Waals surface area (Å²) in [6.45, 7) is 0.341. The number of methoxy groups -OCH3 is 1. The molecular weight excluding hydrogens is 528 g/mol. The Hall–Kier alpha value is -3.73. The van der Waals surface area contributed by atoms with Crippen molar-refractivity contribution in [3.63, 3.8) is 0 Å². The predicted octanol–water partition coefficient (Wildman–Crippen LogP) is 5.67. The van der Waals surface area contributed by atoms with Gasteiger partial charge < -0.3 is 10.1 Å². The molecule has 0 saturated carbocycles. The van der Waals surface area contributed by atoms with E-state index in [4.69, 9.17) is 16.3 Å². The van der Waals surface area contributed by atoms with Crippen molar-refractivity contribution >= 4 is 40.6 Å². The van der Waals surface area contributed by atoms with Crippen LogP contribution in [-0.2, 0) is 12.3 Å². The second kappa shape index (κ2) is 11.5. The Bertz CT molecular complexity index is 1520. The van der Waals surface area contributed by atoms with Crippen molar-refractivity contribution in [3.05, 3.63) is 99.7 Å². The second-order valence-electron chi connectivity index (χ2n) is 7.71. The molecule has 0 spiro atoms. The zero-order chi connectivity index (χ0) is 25.6. The molecule has 5 rings (SSSR count). The van der Waals surface area contributed by atoms with E-state index >= 15 is 0 Å². The highest BCUT2D eigenvalue weighted by Gasteiger charge is 2.21. The van der Waals surface area contributed by atoms with Gasteiger partial charge in [0.1, 0.15) is 16.5 Å². The van der Waals surface area contributed by atoms with Crippen molar-refractivity contribution in [2.24, 2.45) is 0 Å². The monoisotopic (exact) mass is 548 g/mol. The Morgan fingerprint density at radius 1 is 1.08 bits per heavy atom.